The Morgan fingerprint density at radius 2 is 2.07 bits per heavy atom. The predicted molar refractivity (Wildman–Crippen MR) is 111 cm³/mol. The van der Waals surface area contributed by atoms with Crippen LogP contribution in [-0.2, 0) is 10.4 Å². The van der Waals surface area contributed by atoms with Crippen LogP contribution in [-0.4, -0.2) is 58.0 Å². The number of carbonyl (C=O) groups excluding carboxylic acids is 1. The van der Waals surface area contributed by atoms with Gasteiger partial charge in [-0.25, -0.2) is 0 Å². The Balaban J connectivity index is 1.46. The molecule has 0 saturated carbocycles. The van der Waals surface area contributed by atoms with Crippen molar-refractivity contribution in [1.82, 2.24) is 14.8 Å². The average Bonchev–Trinajstić information content (AvgIpc) is 3.16. The van der Waals surface area contributed by atoms with Gasteiger partial charge in [0.2, 0.25) is 5.91 Å². The zero-order chi connectivity index (χ0) is 19.7. The molecule has 28 heavy (non-hydrogen) atoms. The normalized spacial score (nSPS) is 22.5. The van der Waals surface area contributed by atoms with Crippen LogP contribution in [0.2, 0.25) is 0 Å². The number of carbonyl (C=O) groups is 1. The van der Waals surface area contributed by atoms with Crippen molar-refractivity contribution in [2.45, 2.75) is 44.2 Å². The van der Waals surface area contributed by atoms with E-state index in [-0.39, 0.29) is 11.9 Å². The van der Waals surface area contributed by atoms with Crippen molar-refractivity contribution >= 4 is 16.8 Å². The molecule has 0 aliphatic carbocycles. The molecule has 1 atom stereocenters. The molecule has 148 valence electrons. The summed E-state index contributed by atoms with van der Waals surface area (Å²) in [7, 11) is 0. The number of aliphatic hydroxyl groups is 1. The summed E-state index contributed by atoms with van der Waals surface area (Å²) in [5.74, 6) is 0.208. The molecule has 0 unspecified atom stereocenters. The highest BCUT2D eigenvalue weighted by atomic mass is 16.3. The summed E-state index contributed by atoms with van der Waals surface area (Å²) in [4.78, 5) is 21.7. The van der Waals surface area contributed by atoms with E-state index >= 15 is 0 Å². The molecule has 1 aromatic carbocycles. The number of fused-ring (bicyclic) bond motifs is 1. The first-order chi connectivity index (χ1) is 13.5. The van der Waals surface area contributed by atoms with Gasteiger partial charge in [0.05, 0.1) is 17.2 Å². The van der Waals surface area contributed by atoms with Gasteiger partial charge in [0.25, 0.3) is 0 Å². The number of rotatable bonds is 4. The van der Waals surface area contributed by atoms with Gasteiger partial charge in [-0.1, -0.05) is 18.2 Å². The van der Waals surface area contributed by atoms with E-state index in [0.29, 0.717) is 25.9 Å². The second-order valence-corrected chi connectivity index (χ2v) is 8.16. The molecular weight excluding hydrogens is 350 g/mol. The maximum atomic E-state index is 13.0. The molecule has 5 heteroatoms. The molecule has 0 radical (unpaired) electrons. The van der Waals surface area contributed by atoms with Crippen LogP contribution in [0.15, 0.2) is 43.0 Å². The van der Waals surface area contributed by atoms with Crippen LogP contribution in [0.5, 0.6) is 0 Å². The maximum absolute atomic E-state index is 13.0. The van der Waals surface area contributed by atoms with Gasteiger partial charge in [0.1, 0.15) is 0 Å². The minimum Gasteiger partial charge on any atom is -0.385 e. The molecule has 2 aromatic rings. The fourth-order valence-electron chi connectivity index (χ4n) is 4.60. The molecule has 4 rings (SSSR count). The quantitative estimate of drug-likeness (QED) is 0.830. The standard InChI is InChI=1S/C23H29N3O2/c1-3-12-25-13-4-5-21(25)22(27)26-14-10-23(28,11-15-26)19-8-9-20-18(16-19)7-6-17(2)24-20/h3,6-9,16,21,28H,1,4-5,10-15H2,2H3/t21-/m0/s1. The van der Waals surface area contributed by atoms with Crippen LogP contribution in [0.1, 0.15) is 36.9 Å². The Hall–Kier alpha value is -2.24. The first kappa shape index (κ1) is 19.1. The van der Waals surface area contributed by atoms with E-state index in [1.165, 1.54) is 0 Å². The number of pyridine rings is 1. The zero-order valence-corrected chi connectivity index (χ0v) is 16.6. The van der Waals surface area contributed by atoms with Crippen molar-refractivity contribution in [1.29, 1.82) is 0 Å². The number of benzene rings is 1. The summed E-state index contributed by atoms with van der Waals surface area (Å²) < 4.78 is 0. The van der Waals surface area contributed by atoms with Gasteiger partial charge >= 0.3 is 0 Å². The SMILES string of the molecule is C=CCN1CCC[C@H]1C(=O)N1CCC(O)(c2ccc3nc(C)ccc3c2)CC1. The van der Waals surface area contributed by atoms with Crippen molar-refractivity contribution in [2.75, 3.05) is 26.2 Å². The lowest BCUT2D eigenvalue weighted by Gasteiger charge is -2.40. The van der Waals surface area contributed by atoms with Crippen molar-refractivity contribution < 1.29 is 9.90 Å². The number of amides is 1. The highest BCUT2D eigenvalue weighted by Gasteiger charge is 2.39. The Morgan fingerprint density at radius 1 is 1.29 bits per heavy atom. The van der Waals surface area contributed by atoms with E-state index in [1.54, 1.807) is 0 Å². The van der Waals surface area contributed by atoms with Crippen LogP contribution in [0.25, 0.3) is 10.9 Å². The summed E-state index contributed by atoms with van der Waals surface area (Å²) in [6.07, 6.45) is 4.99. The van der Waals surface area contributed by atoms with Crippen LogP contribution < -0.4 is 0 Å². The van der Waals surface area contributed by atoms with Gasteiger partial charge in [-0.2, -0.15) is 0 Å². The molecule has 2 aliphatic heterocycles. The Bertz CT molecular complexity index is 887. The van der Waals surface area contributed by atoms with Gasteiger partial charge in [0, 0.05) is 30.7 Å². The number of hydrogen-bond donors (Lipinski definition) is 1. The smallest absolute Gasteiger partial charge is 0.239 e. The largest absolute Gasteiger partial charge is 0.385 e. The topological polar surface area (TPSA) is 56.7 Å². The molecule has 2 fully saturated rings. The lowest BCUT2D eigenvalue weighted by molar-refractivity contribution is -0.140. The number of likely N-dealkylation sites (tertiary alicyclic amines) is 2. The molecule has 3 heterocycles. The summed E-state index contributed by atoms with van der Waals surface area (Å²) in [6.45, 7) is 8.70. The Kier molecular flexibility index (Phi) is 5.21. The molecule has 0 bridgehead atoms. The Labute approximate surface area is 166 Å². The van der Waals surface area contributed by atoms with Gasteiger partial charge in [0.15, 0.2) is 0 Å². The lowest BCUT2D eigenvalue weighted by Crippen LogP contribution is -2.51. The zero-order valence-electron chi connectivity index (χ0n) is 16.6. The van der Waals surface area contributed by atoms with Crippen molar-refractivity contribution in [3.8, 4) is 0 Å². The number of nitrogens with zero attached hydrogens (tertiary/aromatic N) is 3. The van der Waals surface area contributed by atoms with Crippen molar-refractivity contribution in [3.63, 3.8) is 0 Å². The summed E-state index contributed by atoms with van der Waals surface area (Å²) in [5.41, 5.74) is 1.98. The second kappa shape index (κ2) is 7.64. The third-order valence-electron chi connectivity index (χ3n) is 6.28. The molecule has 1 amide bonds. The maximum Gasteiger partial charge on any atom is 0.239 e. The van der Waals surface area contributed by atoms with E-state index in [9.17, 15) is 9.90 Å². The first-order valence-electron chi connectivity index (χ1n) is 10.2. The van der Waals surface area contributed by atoms with Crippen LogP contribution in [0, 0.1) is 6.92 Å². The predicted octanol–water partition coefficient (Wildman–Crippen LogP) is 3.00. The third kappa shape index (κ3) is 3.56. The molecule has 1 N–H and O–H groups in total. The van der Waals surface area contributed by atoms with Crippen LogP contribution in [0.3, 0.4) is 0 Å². The fraction of sp³-hybridized carbons (Fsp3) is 0.478. The molecule has 5 nitrogen and oxygen atoms in total. The number of piperidine rings is 1. The second-order valence-electron chi connectivity index (χ2n) is 8.16. The minimum absolute atomic E-state index is 0.0285. The van der Waals surface area contributed by atoms with Gasteiger partial charge in [-0.3, -0.25) is 14.7 Å². The summed E-state index contributed by atoms with van der Waals surface area (Å²) >= 11 is 0. The van der Waals surface area contributed by atoms with Crippen LogP contribution in [0.4, 0.5) is 0 Å². The van der Waals surface area contributed by atoms with E-state index in [1.807, 2.05) is 42.2 Å². The molecule has 1 aromatic heterocycles. The third-order valence-corrected chi connectivity index (χ3v) is 6.28. The van der Waals surface area contributed by atoms with Gasteiger partial charge < -0.3 is 10.0 Å². The molecule has 2 aliphatic rings. The monoisotopic (exact) mass is 379 g/mol. The highest BCUT2D eigenvalue weighted by Crippen LogP contribution is 2.35. The van der Waals surface area contributed by atoms with E-state index in [0.717, 1.165) is 48.1 Å². The molecule has 0 spiro atoms. The summed E-state index contributed by atoms with van der Waals surface area (Å²) in [5, 5.41) is 12.3. The van der Waals surface area contributed by atoms with E-state index < -0.39 is 5.60 Å². The van der Waals surface area contributed by atoms with Crippen molar-refractivity contribution in [3.05, 3.63) is 54.2 Å². The van der Waals surface area contributed by atoms with Crippen LogP contribution >= 0.6 is 0 Å². The minimum atomic E-state index is -0.883. The number of hydrogen-bond acceptors (Lipinski definition) is 4. The number of aromatic nitrogens is 1. The van der Waals surface area contributed by atoms with Gasteiger partial charge in [-0.15, -0.1) is 6.58 Å². The highest BCUT2D eigenvalue weighted by molar-refractivity contribution is 5.82. The number of aryl methyl sites for hydroxylation is 1. The summed E-state index contributed by atoms with van der Waals surface area (Å²) in [6, 6.07) is 10.0. The first-order valence-corrected chi connectivity index (χ1v) is 10.2. The Morgan fingerprint density at radius 3 is 2.82 bits per heavy atom. The van der Waals surface area contributed by atoms with E-state index in [4.69, 9.17) is 0 Å². The van der Waals surface area contributed by atoms with Crippen molar-refractivity contribution in [2.24, 2.45) is 0 Å². The fourth-order valence-corrected chi connectivity index (χ4v) is 4.60. The molecular formula is C23H29N3O2. The lowest BCUT2D eigenvalue weighted by atomic mass is 9.83. The molecule has 2 saturated heterocycles. The average molecular weight is 380 g/mol. The van der Waals surface area contributed by atoms with Gasteiger partial charge in [-0.05, 0) is 62.9 Å². The van der Waals surface area contributed by atoms with E-state index in [2.05, 4.69) is 22.5 Å².